The lowest BCUT2D eigenvalue weighted by molar-refractivity contribution is 0.192. The van der Waals surface area contributed by atoms with E-state index in [9.17, 15) is 14.0 Å². The number of amides is 1. The summed E-state index contributed by atoms with van der Waals surface area (Å²) in [6.45, 7) is 4.42. The Kier molecular flexibility index (Phi) is 5.29. The normalized spacial score (nSPS) is 12.5. The lowest BCUT2D eigenvalue weighted by Crippen LogP contribution is -2.30. The SMILES string of the molecule is Cc1csc(Cn2c(CC(C)CNC(=O)O)nc3c(oc4ccc(F)cc43)c2=O)c1. The molecule has 2 N–H and O–H groups in total. The van der Waals surface area contributed by atoms with Gasteiger partial charge in [0.05, 0.1) is 6.54 Å². The number of fused-ring (bicyclic) bond motifs is 3. The lowest BCUT2D eigenvalue weighted by Gasteiger charge is -2.15. The average Bonchev–Trinajstić information content (AvgIpc) is 3.26. The molecule has 3 heterocycles. The minimum absolute atomic E-state index is 0.0870. The van der Waals surface area contributed by atoms with E-state index in [4.69, 9.17) is 9.52 Å². The zero-order valence-electron chi connectivity index (χ0n) is 16.4. The Bertz CT molecular complexity index is 1310. The van der Waals surface area contributed by atoms with Crippen LogP contribution in [0.1, 0.15) is 23.2 Å². The predicted octanol–water partition coefficient (Wildman–Crippen LogP) is 4.15. The zero-order chi connectivity index (χ0) is 21.4. The number of halogens is 1. The first-order chi connectivity index (χ1) is 14.3. The van der Waals surface area contributed by atoms with Gasteiger partial charge in [0.1, 0.15) is 22.7 Å². The van der Waals surface area contributed by atoms with Gasteiger partial charge in [0.15, 0.2) is 0 Å². The molecule has 0 saturated heterocycles. The molecule has 0 spiro atoms. The molecule has 30 heavy (non-hydrogen) atoms. The van der Waals surface area contributed by atoms with Crippen molar-refractivity contribution >= 4 is 39.5 Å². The highest BCUT2D eigenvalue weighted by molar-refractivity contribution is 7.10. The van der Waals surface area contributed by atoms with Gasteiger partial charge in [0.2, 0.25) is 5.58 Å². The van der Waals surface area contributed by atoms with E-state index in [0.29, 0.717) is 35.3 Å². The van der Waals surface area contributed by atoms with Crippen molar-refractivity contribution in [1.29, 1.82) is 0 Å². The van der Waals surface area contributed by atoms with Gasteiger partial charge in [0, 0.05) is 23.2 Å². The Morgan fingerprint density at radius 2 is 2.20 bits per heavy atom. The molecule has 0 aliphatic heterocycles. The summed E-state index contributed by atoms with van der Waals surface area (Å²) >= 11 is 1.55. The number of nitrogens with zero attached hydrogens (tertiary/aromatic N) is 2. The molecule has 156 valence electrons. The number of aryl methyl sites for hydroxylation is 1. The molecule has 1 amide bonds. The van der Waals surface area contributed by atoms with Crippen LogP contribution in [-0.2, 0) is 13.0 Å². The van der Waals surface area contributed by atoms with Crippen LogP contribution in [0.2, 0.25) is 0 Å². The minimum atomic E-state index is -1.10. The smallest absolute Gasteiger partial charge is 0.404 e. The summed E-state index contributed by atoms with van der Waals surface area (Å²) in [7, 11) is 0. The number of nitrogens with one attached hydrogen (secondary N) is 1. The van der Waals surface area contributed by atoms with E-state index < -0.39 is 11.9 Å². The van der Waals surface area contributed by atoms with Crippen LogP contribution in [0.4, 0.5) is 9.18 Å². The summed E-state index contributed by atoms with van der Waals surface area (Å²) in [5, 5.41) is 13.7. The molecule has 0 aliphatic carbocycles. The summed E-state index contributed by atoms with van der Waals surface area (Å²) in [6.07, 6.45) is -0.731. The van der Waals surface area contributed by atoms with Crippen LogP contribution in [0.25, 0.3) is 22.1 Å². The van der Waals surface area contributed by atoms with Crippen molar-refractivity contribution in [3.63, 3.8) is 0 Å². The van der Waals surface area contributed by atoms with Gasteiger partial charge in [-0.1, -0.05) is 6.92 Å². The molecule has 3 aromatic heterocycles. The monoisotopic (exact) mass is 429 g/mol. The number of hydrogen-bond donors (Lipinski definition) is 2. The van der Waals surface area contributed by atoms with Gasteiger partial charge in [-0.3, -0.25) is 9.36 Å². The first-order valence-electron chi connectivity index (χ1n) is 9.44. The second kappa shape index (κ2) is 7.91. The van der Waals surface area contributed by atoms with Crippen LogP contribution in [-0.4, -0.2) is 27.3 Å². The Labute approximate surface area is 174 Å². The Hall–Kier alpha value is -3.20. The molecule has 0 saturated carbocycles. The molecule has 9 heteroatoms. The van der Waals surface area contributed by atoms with Crippen molar-refractivity contribution in [2.24, 2.45) is 5.92 Å². The van der Waals surface area contributed by atoms with Crippen LogP contribution in [0.15, 0.2) is 38.9 Å². The summed E-state index contributed by atoms with van der Waals surface area (Å²) in [5.74, 6) is -0.0345. The fourth-order valence-electron chi connectivity index (χ4n) is 3.44. The third kappa shape index (κ3) is 3.93. The van der Waals surface area contributed by atoms with Gasteiger partial charge >= 0.3 is 6.09 Å². The minimum Gasteiger partial charge on any atom is -0.465 e. The molecule has 1 unspecified atom stereocenters. The maximum absolute atomic E-state index is 13.8. The quantitative estimate of drug-likeness (QED) is 0.480. The summed E-state index contributed by atoms with van der Waals surface area (Å²) in [5.41, 5.74) is 1.57. The number of benzene rings is 1. The first-order valence-corrected chi connectivity index (χ1v) is 10.3. The second-order valence-corrected chi connectivity index (χ2v) is 8.42. The highest BCUT2D eigenvalue weighted by Gasteiger charge is 2.20. The molecule has 4 rings (SSSR count). The van der Waals surface area contributed by atoms with Gasteiger partial charge < -0.3 is 14.8 Å². The van der Waals surface area contributed by atoms with Crippen molar-refractivity contribution in [2.75, 3.05) is 6.54 Å². The Morgan fingerprint density at radius 3 is 2.90 bits per heavy atom. The molecule has 4 aromatic rings. The number of carboxylic acid groups (broad SMARTS) is 1. The molecule has 0 bridgehead atoms. The molecular formula is C21H20FN3O4S. The fourth-order valence-corrected chi connectivity index (χ4v) is 4.30. The summed E-state index contributed by atoms with van der Waals surface area (Å²) in [6, 6.07) is 6.07. The van der Waals surface area contributed by atoms with Crippen molar-refractivity contribution in [3.8, 4) is 0 Å². The van der Waals surface area contributed by atoms with Crippen LogP contribution >= 0.6 is 11.3 Å². The molecular weight excluding hydrogens is 409 g/mol. The third-order valence-electron chi connectivity index (χ3n) is 4.85. The topological polar surface area (TPSA) is 97.4 Å². The van der Waals surface area contributed by atoms with E-state index in [1.165, 1.54) is 18.2 Å². The van der Waals surface area contributed by atoms with Gasteiger partial charge in [-0.2, -0.15) is 0 Å². The predicted molar refractivity (Wildman–Crippen MR) is 113 cm³/mol. The molecule has 7 nitrogen and oxygen atoms in total. The van der Waals surface area contributed by atoms with E-state index in [0.717, 1.165) is 10.4 Å². The second-order valence-electron chi connectivity index (χ2n) is 7.43. The molecule has 1 atom stereocenters. The summed E-state index contributed by atoms with van der Waals surface area (Å²) < 4.78 is 21.1. The standard InChI is InChI=1S/C21H20FN3O4S/c1-11(8-23-21(27)28)6-17-24-18-15-7-13(22)3-4-16(15)29-19(18)20(26)25(17)9-14-5-12(2)10-30-14/h3-5,7,10-11,23H,6,8-9H2,1-2H3,(H,27,28). The lowest BCUT2D eigenvalue weighted by atomic mass is 10.1. The number of carbonyl (C=O) groups is 1. The van der Waals surface area contributed by atoms with Crippen molar-refractivity contribution in [2.45, 2.75) is 26.8 Å². The van der Waals surface area contributed by atoms with E-state index in [2.05, 4.69) is 10.3 Å². The average molecular weight is 429 g/mol. The summed E-state index contributed by atoms with van der Waals surface area (Å²) in [4.78, 5) is 29.8. The maximum Gasteiger partial charge on any atom is 0.404 e. The van der Waals surface area contributed by atoms with Crippen LogP contribution < -0.4 is 10.9 Å². The van der Waals surface area contributed by atoms with E-state index >= 15 is 0 Å². The van der Waals surface area contributed by atoms with E-state index in [1.807, 2.05) is 25.3 Å². The van der Waals surface area contributed by atoms with Crippen molar-refractivity contribution < 1.29 is 18.7 Å². The highest BCUT2D eigenvalue weighted by Crippen LogP contribution is 2.27. The van der Waals surface area contributed by atoms with Gasteiger partial charge in [-0.25, -0.2) is 14.2 Å². The number of thiophene rings is 1. The van der Waals surface area contributed by atoms with Crippen molar-refractivity contribution in [3.05, 3.63) is 62.1 Å². The van der Waals surface area contributed by atoms with E-state index in [-0.39, 0.29) is 23.6 Å². The fraction of sp³-hybridized carbons (Fsp3) is 0.286. The van der Waals surface area contributed by atoms with Gasteiger partial charge in [0.25, 0.3) is 5.56 Å². The first kappa shape index (κ1) is 20.1. The molecule has 0 radical (unpaired) electrons. The third-order valence-corrected chi connectivity index (χ3v) is 5.89. The maximum atomic E-state index is 13.8. The number of aromatic nitrogens is 2. The number of rotatable bonds is 6. The molecule has 0 fully saturated rings. The Morgan fingerprint density at radius 1 is 1.40 bits per heavy atom. The molecule has 0 aliphatic rings. The Balaban J connectivity index is 1.84. The highest BCUT2D eigenvalue weighted by atomic mass is 32.1. The zero-order valence-corrected chi connectivity index (χ0v) is 17.3. The van der Waals surface area contributed by atoms with Crippen LogP contribution in [0, 0.1) is 18.7 Å². The van der Waals surface area contributed by atoms with Crippen molar-refractivity contribution in [1.82, 2.24) is 14.9 Å². The number of hydrogen-bond acceptors (Lipinski definition) is 5. The largest absolute Gasteiger partial charge is 0.465 e. The number of furan rings is 1. The van der Waals surface area contributed by atoms with Gasteiger partial charge in [-0.15, -0.1) is 11.3 Å². The molecule has 1 aromatic carbocycles. The van der Waals surface area contributed by atoms with Gasteiger partial charge in [-0.05, 0) is 48.1 Å². The van der Waals surface area contributed by atoms with Crippen LogP contribution in [0.5, 0.6) is 0 Å². The van der Waals surface area contributed by atoms with E-state index in [1.54, 1.807) is 15.9 Å². The van der Waals surface area contributed by atoms with Crippen LogP contribution in [0.3, 0.4) is 0 Å².